The average Bonchev–Trinajstić information content (AvgIpc) is 1.78. The Labute approximate surface area is 104 Å². The molecule has 15 heavy (non-hydrogen) atoms. The zero-order valence-corrected chi connectivity index (χ0v) is 11.4. The van der Waals surface area contributed by atoms with E-state index >= 15 is 0 Å². The zero-order valence-electron chi connectivity index (χ0n) is 9.79. The molecule has 0 spiro atoms. The predicted octanol–water partition coefficient (Wildman–Crippen LogP) is 0.811. The number of nitrogens with one attached hydrogen (secondary N) is 1. The smallest absolute Gasteiger partial charge is 0.221 e. The van der Waals surface area contributed by atoms with Gasteiger partial charge in [-0.2, -0.15) is 0 Å². The van der Waals surface area contributed by atoms with E-state index in [9.17, 15) is 4.79 Å². The maximum Gasteiger partial charge on any atom is 0.221 e. The maximum atomic E-state index is 11.3. The molecule has 0 aliphatic rings. The average molecular weight is 260 g/mol. The Morgan fingerprint density at radius 1 is 1.07 bits per heavy atom. The molecule has 0 aromatic rings. The summed E-state index contributed by atoms with van der Waals surface area (Å²) >= 11 is 0. The van der Waals surface area contributed by atoms with E-state index in [0.29, 0.717) is 13.0 Å². The summed E-state index contributed by atoms with van der Waals surface area (Å²) in [4.78, 5) is 11.3. The van der Waals surface area contributed by atoms with E-state index in [4.69, 9.17) is 11.5 Å². The second-order valence-electron chi connectivity index (χ2n) is 4.93. The van der Waals surface area contributed by atoms with Crippen LogP contribution in [0.1, 0.15) is 34.1 Å². The molecule has 5 N–H and O–H groups in total. The molecule has 4 nitrogen and oxygen atoms in total. The third-order valence-electron chi connectivity index (χ3n) is 1.36. The molecular formula is C9H23Cl2N3O. The lowest BCUT2D eigenvalue weighted by atomic mass is 10.0. The first kappa shape index (κ1) is 20.4. The number of hydrogen-bond donors (Lipinski definition) is 3. The van der Waals surface area contributed by atoms with Crippen LogP contribution in [0.2, 0.25) is 0 Å². The molecule has 0 unspecified atom stereocenters. The van der Waals surface area contributed by atoms with Crippen LogP contribution < -0.4 is 16.8 Å². The fourth-order valence-electron chi connectivity index (χ4n) is 0.803. The van der Waals surface area contributed by atoms with Gasteiger partial charge in [0.25, 0.3) is 0 Å². The molecule has 0 heterocycles. The molecule has 0 radical (unpaired) electrons. The number of amides is 1. The Morgan fingerprint density at radius 2 is 1.47 bits per heavy atom. The van der Waals surface area contributed by atoms with E-state index < -0.39 is 5.54 Å². The zero-order chi connectivity index (χ0) is 10.7. The molecule has 0 saturated heterocycles. The van der Waals surface area contributed by atoms with Crippen molar-refractivity contribution in [3.05, 3.63) is 0 Å². The lowest BCUT2D eigenvalue weighted by Crippen LogP contribution is -2.47. The summed E-state index contributed by atoms with van der Waals surface area (Å²) in [6.07, 6.45) is 0.322. The van der Waals surface area contributed by atoms with Gasteiger partial charge in [-0.3, -0.25) is 4.79 Å². The lowest BCUT2D eigenvalue weighted by Gasteiger charge is -2.22. The molecule has 0 aromatic carbocycles. The molecule has 0 aromatic heterocycles. The van der Waals surface area contributed by atoms with Gasteiger partial charge in [0, 0.05) is 24.0 Å². The van der Waals surface area contributed by atoms with Gasteiger partial charge in [-0.25, -0.2) is 0 Å². The molecule has 0 atom stereocenters. The van der Waals surface area contributed by atoms with E-state index in [1.807, 2.05) is 27.7 Å². The molecule has 1 amide bonds. The maximum absolute atomic E-state index is 11.3. The first-order valence-corrected chi connectivity index (χ1v) is 4.45. The Hall–Kier alpha value is -0.0300. The Morgan fingerprint density at radius 3 is 1.73 bits per heavy atom. The van der Waals surface area contributed by atoms with Crippen molar-refractivity contribution in [2.75, 3.05) is 6.54 Å². The van der Waals surface area contributed by atoms with Crippen LogP contribution in [-0.2, 0) is 4.79 Å². The highest BCUT2D eigenvalue weighted by Crippen LogP contribution is 2.03. The number of nitrogens with two attached hydrogens (primary N) is 2. The highest BCUT2D eigenvalue weighted by molar-refractivity contribution is 5.85. The second kappa shape index (κ2) is 7.28. The Balaban J connectivity index is -0.000000720. The largest absolute Gasteiger partial charge is 0.354 e. The summed E-state index contributed by atoms with van der Waals surface area (Å²) < 4.78 is 0. The van der Waals surface area contributed by atoms with Crippen molar-refractivity contribution in [3.63, 3.8) is 0 Å². The summed E-state index contributed by atoms with van der Waals surface area (Å²) in [7, 11) is 0. The summed E-state index contributed by atoms with van der Waals surface area (Å²) in [5.41, 5.74) is 10.6. The third-order valence-corrected chi connectivity index (χ3v) is 1.36. The number of rotatable bonds is 4. The fourth-order valence-corrected chi connectivity index (χ4v) is 0.803. The number of carbonyl (C=O) groups is 1. The normalized spacial score (nSPS) is 11.1. The highest BCUT2D eigenvalue weighted by atomic mass is 35.5. The van der Waals surface area contributed by atoms with Gasteiger partial charge in [-0.15, -0.1) is 24.8 Å². The number of carbonyl (C=O) groups excluding carboxylic acids is 1. The standard InChI is InChI=1S/C9H21N3O.2ClH/c1-8(2,10)5-7(13)12-6-9(3,4)11;;/h5-6,10-11H2,1-4H3,(H,12,13);2*1H. The van der Waals surface area contributed by atoms with Crippen molar-refractivity contribution in [3.8, 4) is 0 Å². The quantitative estimate of drug-likeness (QED) is 0.699. The molecular weight excluding hydrogens is 237 g/mol. The molecule has 0 fully saturated rings. The van der Waals surface area contributed by atoms with Crippen molar-refractivity contribution >= 4 is 30.7 Å². The monoisotopic (exact) mass is 259 g/mol. The molecule has 0 aliphatic heterocycles. The van der Waals surface area contributed by atoms with Crippen molar-refractivity contribution in [1.82, 2.24) is 5.32 Å². The minimum Gasteiger partial charge on any atom is -0.354 e. The van der Waals surface area contributed by atoms with Gasteiger partial charge in [-0.05, 0) is 27.7 Å². The summed E-state index contributed by atoms with van der Waals surface area (Å²) in [5.74, 6) is -0.0500. The Kier molecular flexibility index (Phi) is 9.89. The topological polar surface area (TPSA) is 81.1 Å². The molecule has 0 bridgehead atoms. The minimum absolute atomic E-state index is 0. The summed E-state index contributed by atoms with van der Waals surface area (Å²) in [5, 5.41) is 2.74. The summed E-state index contributed by atoms with van der Waals surface area (Å²) in [6, 6.07) is 0. The van der Waals surface area contributed by atoms with Crippen LogP contribution in [0.15, 0.2) is 0 Å². The van der Waals surface area contributed by atoms with Crippen molar-refractivity contribution in [2.45, 2.75) is 45.2 Å². The number of hydrogen-bond acceptors (Lipinski definition) is 3. The minimum atomic E-state index is -0.456. The van der Waals surface area contributed by atoms with Crippen LogP contribution in [-0.4, -0.2) is 23.5 Å². The van der Waals surface area contributed by atoms with Crippen molar-refractivity contribution in [2.24, 2.45) is 11.5 Å². The van der Waals surface area contributed by atoms with Crippen LogP contribution >= 0.6 is 24.8 Å². The van der Waals surface area contributed by atoms with E-state index in [0.717, 1.165) is 0 Å². The molecule has 0 rings (SSSR count). The van der Waals surface area contributed by atoms with Crippen LogP contribution in [0.25, 0.3) is 0 Å². The van der Waals surface area contributed by atoms with Gasteiger partial charge >= 0.3 is 0 Å². The van der Waals surface area contributed by atoms with Gasteiger partial charge < -0.3 is 16.8 Å². The molecule has 0 saturated carbocycles. The molecule has 6 heteroatoms. The fraction of sp³-hybridized carbons (Fsp3) is 0.889. The van der Waals surface area contributed by atoms with Crippen molar-refractivity contribution < 1.29 is 4.79 Å². The SMILES string of the molecule is CC(C)(N)CNC(=O)CC(C)(C)N.Cl.Cl. The van der Waals surface area contributed by atoms with E-state index in [1.165, 1.54) is 0 Å². The van der Waals surface area contributed by atoms with Crippen molar-refractivity contribution in [1.29, 1.82) is 0 Å². The van der Waals surface area contributed by atoms with E-state index in [2.05, 4.69) is 5.32 Å². The van der Waals surface area contributed by atoms with Gasteiger partial charge in [-0.1, -0.05) is 0 Å². The van der Waals surface area contributed by atoms with Crippen LogP contribution in [0.5, 0.6) is 0 Å². The first-order valence-electron chi connectivity index (χ1n) is 4.45. The van der Waals surface area contributed by atoms with Gasteiger partial charge in [0.15, 0.2) is 0 Å². The van der Waals surface area contributed by atoms with Gasteiger partial charge in [0.05, 0.1) is 0 Å². The van der Waals surface area contributed by atoms with Crippen LogP contribution in [0.4, 0.5) is 0 Å². The Bertz CT molecular complexity index is 185. The van der Waals surface area contributed by atoms with Gasteiger partial charge in [0.2, 0.25) is 5.91 Å². The lowest BCUT2D eigenvalue weighted by molar-refractivity contribution is -0.122. The van der Waals surface area contributed by atoms with Gasteiger partial charge in [0.1, 0.15) is 0 Å². The van der Waals surface area contributed by atoms with E-state index in [-0.39, 0.29) is 36.3 Å². The summed E-state index contributed by atoms with van der Waals surface area (Å²) in [6.45, 7) is 7.84. The highest BCUT2D eigenvalue weighted by Gasteiger charge is 2.18. The molecule has 0 aliphatic carbocycles. The first-order chi connectivity index (χ1) is 5.60. The van der Waals surface area contributed by atoms with Crippen LogP contribution in [0.3, 0.4) is 0 Å². The molecule has 94 valence electrons. The van der Waals surface area contributed by atoms with Crippen LogP contribution in [0, 0.1) is 0 Å². The number of halogens is 2. The van der Waals surface area contributed by atoms with E-state index in [1.54, 1.807) is 0 Å². The predicted molar refractivity (Wildman–Crippen MR) is 68.7 cm³/mol. The third kappa shape index (κ3) is 16.6. The second-order valence-corrected chi connectivity index (χ2v) is 4.93.